The molecule has 1 radical (unpaired) electrons. The summed E-state index contributed by atoms with van der Waals surface area (Å²) in [6, 6.07) is 36.3. The van der Waals surface area contributed by atoms with Crippen molar-refractivity contribution in [3.63, 3.8) is 0 Å². The van der Waals surface area contributed by atoms with Gasteiger partial charge < -0.3 is 0 Å². The molecule has 0 aliphatic heterocycles. The summed E-state index contributed by atoms with van der Waals surface area (Å²) >= 11 is 0. The van der Waals surface area contributed by atoms with E-state index in [1.165, 1.54) is 66.8 Å². The molecule has 0 nitrogen and oxygen atoms in total. The van der Waals surface area contributed by atoms with Gasteiger partial charge in [-0.05, 0) is 77.6 Å². The second-order valence-corrected chi connectivity index (χ2v) is 13.3. The van der Waals surface area contributed by atoms with Gasteiger partial charge in [-0.25, -0.2) is 0 Å². The van der Waals surface area contributed by atoms with Gasteiger partial charge in [0.2, 0.25) is 0 Å². The van der Waals surface area contributed by atoms with Gasteiger partial charge in [0.25, 0.3) is 0 Å². The summed E-state index contributed by atoms with van der Waals surface area (Å²) < 4.78 is 0. The molecule has 4 aromatic carbocycles. The van der Waals surface area contributed by atoms with Gasteiger partial charge in [-0.3, -0.25) is 0 Å². The molecular weight excluding hydrogens is 468 g/mol. The molecule has 0 aromatic heterocycles. The Hall–Kier alpha value is -3.64. The van der Waals surface area contributed by atoms with Crippen molar-refractivity contribution >= 4 is 22.3 Å². The van der Waals surface area contributed by atoms with E-state index in [4.69, 9.17) is 0 Å². The third-order valence-corrected chi connectivity index (χ3v) is 8.51. The summed E-state index contributed by atoms with van der Waals surface area (Å²) in [5.74, 6) is 0.325. The zero-order valence-electron chi connectivity index (χ0n) is 24.4. The van der Waals surface area contributed by atoms with Crippen LogP contribution in [-0.4, -0.2) is 0 Å². The molecular formula is C39H39. The molecule has 0 fully saturated rings. The van der Waals surface area contributed by atoms with Crippen LogP contribution in [0, 0.1) is 6.42 Å². The molecule has 0 saturated heterocycles. The molecule has 0 heterocycles. The van der Waals surface area contributed by atoms with E-state index >= 15 is 0 Å². The van der Waals surface area contributed by atoms with Crippen molar-refractivity contribution in [2.75, 3.05) is 0 Å². The maximum Gasteiger partial charge on any atom is 0.0218 e. The zero-order valence-corrected chi connectivity index (χ0v) is 24.4. The molecule has 0 spiro atoms. The third kappa shape index (κ3) is 4.41. The predicted octanol–water partition coefficient (Wildman–Crippen LogP) is 10.5. The first-order valence-corrected chi connectivity index (χ1v) is 14.3. The van der Waals surface area contributed by atoms with Crippen LogP contribution in [0.15, 0.2) is 97.1 Å². The Bertz CT molecular complexity index is 1600. The minimum absolute atomic E-state index is 0.0606. The molecule has 0 N–H and O–H groups in total. The van der Waals surface area contributed by atoms with E-state index in [2.05, 4.69) is 152 Å². The fraction of sp³-hybridized carbons (Fsp3) is 0.256. The van der Waals surface area contributed by atoms with Crippen LogP contribution in [0.4, 0.5) is 0 Å². The van der Waals surface area contributed by atoms with Gasteiger partial charge in [-0.2, -0.15) is 0 Å². The standard InChI is InChI=1S/C39H39/c1-25-31-18-13-14-20-33(31)37(35(25)26-15-9-8-10-16-26)36-32-19-12-11-17-27(32)23-34(36)28-21-29(38(2,3)4)24-30(22-28)39(5,6)7/h8-25H,1-7H3. The van der Waals surface area contributed by atoms with Crippen molar-refractivity contribution in [1.29, 1.82) is 0 Å². The first-order valence-electron chi connectivity index (χ1n) is 14.3. The molecule has 39 heavy (non-hydrogen) atoms. The third-order valence-electron chi connectivity index (χ3n) is 8.51. The highest BCUT2D eigenvalue weighted by Gasteiger charge is 2.36. The van der Waals surface area contributed by atoms with Gasteiger partial charge in [0.1, 0.15) is 0 Å². The van der Waals surface area contributed by atoms with Crippen LogP contribution in [0.3, 0.4) is 0 Å². The van der Waals surface area contributed by atoms with Crippen molar-refractivity contribution in [2.45, 2.75) is 65.2 Å². The van der Waals surface area contributed by atoms with Gasteiger partial charge in [0, 0.05) is 12.3 Å². The molecule has 6 rings (SSSR count). The number of fused-ring (bicyclic) bond motifs is 2. The van der Waals surface area contributed by atoms with E-state index in [9.17, 15) is 0 Å². The SMILES string of the molecule is CC1C(c2ccccc2)=C(C2=C(c3cc(C(C)(C)C)cc(C(C)(C)C)c3)[CH]c3ccccc32)c2ccccc21. The Morgan fingerprint density at radius 2 is 1.10 bits per heavy atom. The minimum atomic E-state index is 0.0606. The molecule has 1 atom stereocenters. The molecule has 0 saturated carbocycles. The molecule has 0 amide bonds. The zero-order chi connectivity index (χ0) is 27.5. The highest BCUT2D eigenvalue weighted by Crippen LogP contribution is 2.56. The van der Waals surface area contributed by atoms with E-state index in [1.807, 2.05) is 0 Å². The van der Waals surface area contributed by atoms with E-state index in [1.54, 1.807) is 0 Å². The molecule has 2 aliphatic rings. The normalized spacial score (nSPS) is 17.1. The van der Waals surface area contributed by atoms with E-state index < -0.39 is 0 Å². The lowest BCUT2D eigenvalue weighted by atomic mass is 9.78. The maximum absolute atomic E-state index is 2.44. The smallest absolute Gasteiger partial charge is 0.0218 e. The van der Waals surface area contributed by atoms with Crippen molar-refractivity contribution in [1.82, 2.24) is 0 Å². The Morgan fingerprint density at radius 1 is 0.538 bits per heavy atom. The lowest BCUT2D eigenvalue weighted by Gasteiger charge is -2.27. The van der Waals surface area contributed by atoms with Gasteiger partial charge >= 0.3 is 0 Å². The van der Waals surface area contributed by atoms with Crippen molar-refractivity contribution in [2.24, 2.45) is 0 Å². The monoisotopic (exact) mass is 507 g/mol. The van der Waals surface area contributed by atoms with Crippen molar-refractivity contribution in [3.05, 3.63) is 148 Å². The summed E-state index contributed by atoms with van der Waals surface area (Å²) in [7, 11) is 0. The van der Waals surface area contributed by atoms with Crippen LogP contribution < -0.4 is 0 Å². The summed E-state index contributed by atoms with van der Waals surface area (Å²) in [5.41, 5.74) is 16.5. The van der Waals surface area contributed by atoms with Crippen LogP contribution in [0.2, 0.25) is 0 Å². The Kier molecular flexibility index (Phi) is 6.07. The summed E-state index contributed by atoms with van der Waals surface area (Å²) in [6.45, 7) is 16.3. The topological polar surface area (TPSA) is 0 Å². The van der Waals surface area contributed by atoms with Crippen LogP contribution in [0.1, 0.15) is 98.9 Å². The maximum atomic E-state index is 2.44. The van der Waals surface area contributed by atoms with Crippen LogP contribution in [0.25, 0.3) is 22.3 Å². The summed E-state index contributed by atoms with van der Waals surface area (Å²) in [6.07, 6.45) is 2.43. The van der Waals surface area contributed by atoms with Gasteiger partial charge in [-0.15, -0.1) is 0 Å². The molecule has 2 aliphatic carbocycles. The van der Waals surface area contributed by atoms with Crippen molar-refractivity contribution in [3.8, 4) is 0 Å². The first kappa shape index (κ1) is 25.6. The van der Waals surface area contributed by atoms with E-state index in [0.29, 0.717) is 5.92 Å². The predicted molar refractivity (Wildman–Crippen MR) is 169 cm³/mol. The van der Waals surface area contributed by atoms with Gasteiger partial charge in [-0.1, -0.05) is 146 Å². The lowest BCUT2D eigenvalue weighted by molar-refractivity contribution is 0.568. The van der Waals surface area contributed by atoms with Crippen LogP contribution in [0.5, 0.6) is 0 Å². The van der Waals surface area contributed by atoms with E-state index in [-0.39, 0.29) is 10.8 Å². The van der Waals surface area contributed by atoms with Gasteiger partial charge in [0.05, 0.1) is 0 Å². The van der Waals surface area contributed by atoms with Crippen LogP contribution >= 0.6 is 0 Å². The minimum Gasteiger partial charge on any atom is -0.0622 e. The van der Waals surface area contributed by atoms with Gasteiger partial charge in [0.15, 0.2) is 0 Å². The fourth-order valence-corrected chi connectivity index (χ4v) is 6.27. The highest BCUT2D eigenvalue weighted by atomic mass is 14.4. The lowest BCUT2D eigenvalue weighted by Crippen LogP contribution is -2.17. The first-order chi connectivity index (χ1) is 18.5. The molecule has 0 bridgehead atoms. The number of allylic oxidation sites excluding steroid dienone is 4. The number of benzene rings is 4. The average molecular weight is 508 g/mol. The Labute approximate surface area is 235 Å². The largest absolute Gasteiger partial charge is 0.0622 e. The molecule has 4 aromatic rings. The molecule has 1 unspecified atom stereocenters. The Balaban J connectivity index is 1.72. The highest BCUT2D eigenvalue weighted by molar-refractivity contribution is 6.27. The van der Waals surface area contributed by atoms with E-state index in [0.717, 1.165) is 0 Å². The Morgan fingerprint density at radius 3 is 1.74 bits per heavy atom. The second-order valence-electron chi connectivity index (χ2n) is 13.3. The average Bonchev–Trinajstić information content (AvgIpc) is 3.43. The summed E-state index contributed by atoms with van der Waals surface area (Å²) in [4.78, 5) is 0. The number of rotatable bonds is 3. The van der Waals surface area contributed by atoms with Crippen molar-refractivity contribution < 1.29 is 0 Å². The molecule has 0 heteroatoms. The molecule has 195 valence electrons. The van der Waals surface area contributed by atoms with Crippen LogP contribution in [-0.2, 0) is 10.8 Å². The quantitative estimate of drug-likeness (QED) is 0.259. The second kappa shape index (κ2) is 9.23. The fourth-order valence-electron chi connectivity index (χ4n) is 6.27. The number of hydrogen-bond acceptors (Lipinski definition) is 0. The summed E-state index contributed by atoms with van der Waals surface area (Å²) in [5, 5.41) is 0. The number of hydrogen-bond donors (Lipinski definition) is 0.